The van der Waals surface area contributed by atoms with Crippen molar-refractivity contribution in [3.05, 3.63) is 35.9 Å². The van der Waals surface area contributed by atoms with Gasteiger partial charge in [0.05, 0.1) is 18.1 Å². The van der Waals surface area contributed by atoms with Crippen LogP contribution in [0.25, 0.3) is 0 Å². The highest BCUT2D eigenvalue weighted by molar-refractivity contribution is 5.78. The van der Waals surface area contributed by atoms with E-state index in [9.17, 15) is 4.79 Å². The number of likely N-dealkylation sites (tertiary alicyclic amines) is 1. The zero-order valence-corrected chi connectivity index (χ0v) is 16.9. The molecule has 1 aromatic rings. The second-order valence-electron chi connectivity index (χ2n) is 8.22. The number of benzene rings is 1. The number of carbonyl (C=O) groups is 1. The number of rotatable bonds is 7. The lowest BCUT2D eigenvalue weighted by Gasteiger charge is -2.35. The van der Waals surface area contributed by atoms with E-state index in [0.29, 0.717) is 12.2 Å². The molecule has 1 amide bonds. The summed E-state index contributed by atoms with van der Waals surface area (Å²) in [6, 6.07) is 10.5. The van der Waals surface area contributed by atoms with Gasteiger partial charge in [0.15, 0.2) is 0 Å². The van der Waals surface area contributed by atoms with Crippen LogP contribution >= 0.6 is 0 Å². The van der Waals surface area contributed by atoms with E-state index < -0.39 is 0 Å². The highest BCUT2D eigenvalue weighted by atomic mass is 16.5. The van der Waals surface area contributed by atoms with Gasteiger partial charge in [-0.05, 0) is 45.2 Å². The monoisotopic (exact) mass is 373 g/mol. The van der Waals surface area contributed by atoms with Crippen molar-refractivity contribution in [1.82, 2.24) is 15.1 Å². The lowest BCUT2D eigenvalue weighted by atomic mass is 9.96. The van der Waals surface area contributed by atoms with Crippen LogP contribution in [-0.4, -0.2) is 67.2 Å². The van der Waals surface area contributed by atoms with Crippen molar-refractivity contribution in [2.24, 2.45) is 5.92 Å². The van der Waals surface area contributed by atoms with Crippen LogP contribution in [-0.2, 0) is 16.1 Å². The molecule has 0 bridgehead atoms. The SMILES string of the molecule is CC1CN(CCCNC(=O)C2CCCN(Cc3ccccc3)C2)CC(C)O1. The molecule has 3 unspecified atom stereocenters. The standard InChI is InChI=1S/C22H35N3O2/c1-18-14-24(15-19(2)27-18)13-7-11-23-22(26)21-10-6-12-25(17-21)16-20-8-4-3-5-9-20/h3-5,8-9,18-19,21H,6-7,10-17H2,1-2H3,(H,23,26). The molecule has 3 rings (SSSR count). The smallest absolute Gasteiger partial charge is 0.224 e. The molecule has 2 saturated heterocycles. The third-order valence-electron chi connectivity index (χ3n) is 5.57. The Balaban J connectivity index is 1.35. The van der Waals surface area contributed by atoms with Crippen LogP contribution in [0, 0.1) is 5.92 Å². The Morgan fingerprint density at radius 2 is 1.85 bits per heavy atom. The second-order valence-corrected chi connectivity index (χ2v) is 8.22. The van der Waals surface area contributed by atoms with Gasteiger partial charge >= 0.3 is 0 Å². The number of carbonyl (C=O) groups excluding carboxylic acids is 1. The summed E-state index contributed by atoms with van der Waals surface area (Å²) in [5, 5.41) is 3.18. The summed E-state index contributed by atoms with van der Waals surface area (Å²) in [4.78, 5) is 17.4. The van der Waals surface area contributed by atoms with Gasteiger partial charge in [0.2, 0.25) is 5.91 Å². The third-order valence-corrected chi connectivity index (χ3v) is 5.57. The maximum absolute atomic E-state index is 12.6. The fraction of sp³-hybridized carbons (Fsp3) is 0.682. The van der Waals surface area contributed by atoms with Crippen LogP contribution in [0.3, 0.4) is 0 Å². The van der Waals surface area contributed by atoms with Gasteiger partial charge in [-0.2, -0.15) is 0 Å². The number of nitrogens with zero attached hydrogens (tertiary/aromatic N) is 2. The molecule has 1 aromatic carbocycles. The average Bonchev–Trinajstić information content (AvgIpc) is 2.65. The molecule has 0 aromatic heterocycles. The molecule has 2 heterocycles. The summed E-state index contributed by atoms with van der Waals surface area (Å²) < 4.78 is 5.78. The molecule has 27 heavy (non-hydrogen) atoms. The van der Waals surface area contributed by atoms with Crippen molar-refractivity contribution in [1.29, 1.82) is 0 Å². The minimum Gasteiger partial charge on any atom is -0.373 e. The Morgan fingerprint density at radius 1 is 1.11 bits per heavy atom. The fourth-order valence-corrected chi connectivity index (χ4v) is 4.38. The van der Waals surface area contributed by atoms with Crippen LogP contribution in [0.15, 0.2) is 30.3 Å². The Bertz CT molecular complexity index is 570. The summed E-state index contributed by atoms with van der Waals surface area (Å²) in [7, 11) is 0. The predicted molar refractivity (Wildman–Crippen MR) is 109 cm³/mol. The van der Waals surface area contributed by atoms with E-state index in [1.807, 2.05) is 6.07 Å². The molecule has 3 atom stereocenters. The van der Waals surface area contributed by atoms with Gasteiger partial charge in [0.1, 0.15) is 0 Å². The van der Waals surface area contributed by atoms with E-state index in [1.54, 1.807) is 0 Å². The first-order chi connectivity index (χ1) is 13.1. The van der Waals surface area contributed by atoms with E-state index in [4.69, 9.17) is 4.74 Å². The van der Waals surface area contributed by atoms with Gasteiger partial charge in [-0.25, -0.2) is 0 Å². The fourth-order valence-electron chi connectivity index (χ4n) is 4.38. The lowest BCUT2D eigenvalue weighted by molar-refractivity contribution is -0.126. The first kappa shape index (κ1) is 20.3. The second kappa shape index (κ2) is 10.2. The van der Waals surface area contributed by atoms with Crippen LogP contribution in [0.1, 0.15) is 38.7 Å². The number of ether oxygens (including phenoxy) is 1. The van der Waals surface area contributed by atoms with Crippen LogP contribution in [0.2, 0.25) is 0 Å². The average molecular weight is 374 g/mol. The maximum Gasteiger partial charge on any atom is 0.224 e. The number of hydrogen-bond acceptors (Lipinski definition) is 4. The normalized spacial score (nSPS) is 27.4. The molecular formula is C22H35N3O2. The van der Waals surface area contributed by atoms with E-state index in [1.165, 1.54) is 5.56 Å². The summed E-state index contributed by atoms with van der Waals surface area (Å²) in [5.74, 6) is 0.363. The summed E-state index contributed by atoms with van der Waals surface area (Å²) >= 11 is 0. The molecule has 150 valence electrons. The largest absolute Gasteiger partial charge is 0.373 e. The van der Waals surface area contributed by atoms with E-state index >= 15 is 0 Å². The number of piperidine rings is 1. The van der Waals surface area contributed by atoms with E-state index in [-0.39, 0.29) is 11.8 Å². The van der Waals surface area contributed by atoms with Gasteiger partial charge < -0.3 is 10.1 Å². The molecule has 0 radical (unpaired) electrons. The molecule has 1 N–H and O–H groups in total. The quantitative estimate of drug-likeness (QED) is 0.746. The topological polar surface area (TPSA) is 44.8 Å². The van der Waals surface area contributed by atoms with E-state index in [2.05, 4.69) is 53.2 Å². The molecule has 0 saturated carbocycles. The Hall–Kier alpha value is -1.43. The minimum absolute atomic E-state index is 0.130. The highest BCUT2D eigenvalue weighted by Crippen LogP contribution is 2.19. The van der Waals surface area contributed by atoms with Crippen molar-refractivity contribution < 1.29 is 9.53 Å². The third kappa shape index (κ3) is 6.59. The molecule has 0 spiro atoms. The predicted octanol–water partition coefficient (Wildman–Crippen LogP) is 2.51. The first-order valence-corrected chi connectivity index (χ1v) is 10.5. The van der Waals surface area contributed by atoms with E-state index in [0.717, 1.165) is 65.1 Å². The first-order valence-electron chi connectivity index (χ1n) is 10.5. The van der Waals surface area contributed by atoms with Gasteiger partial charge in [-0.1, -0.05) is 30.3 Å². The Labute approximate surface area is 164 Å². The molecule has 5 nitrogen and oxygen atoms in total. The molecule has 0 aliphatic carbocycles. The Morgan fingerprint density at radius 3 is 2.59 bits per heavy atom. The minimum atomic E-state index is 0.130. The summed E-state index contributed by atoms with van der Waals surface area (Å²) in [6.45, 7) is 11.0. The molecule has 2 aliphatic heterocycles. The maximum atomic E-state index is 12.6. The molecule has 5 heteroatoms. The number of hydrogen-bond donors (Lipinski definition) is 1. The van der Waals surface area contributed by atoms with Gasteiger partial charge in [-0.15, -0.1) is 0 Å². The van der Waals surface area contributed by atoms with Crippen LogP contribution in [0.5, 0.6) is 0 Å². The number of amides is 1. The highest BCUT2D eigenvalue weighted by Gasteiger charge is 2.26. The van der Waals surface area contributed by atoms with Crippen molar-refractivity contribution in [2.75, 3.05) is 39.3 Å². The molecule has 2 aliphatic rings. The summed E-state index contributed by atoms with van der Waals surface area (Å²) in [5.41, 5.74) is 1.33. The van der Waals surface area contributed by atoms with Gasteiger partial charge in [0, 0.05) is 39.3 Å². The zero-order chi connectivity index (χ0) is 19.1. The van der Waals surface area contributed by atoms with Crippen LogP contribution in [0.4, 0.5) is 0 Å². The van der Waals surface area contributed by atoms with Gasteiger partial charge in [-0.3, -0.25) is 14.6 Å². The number of nitrogens with one attached hydrogen (secondary N) is 1. The lowest BCUT2D eigenvalue weighted by Crippen LogP contribution is -2.46. The number of morpholine rings is 1. The molecule has 2 fully saturated rings. The van der Waals surface area contributed by atoms with Crippen LogP contribution < -0.4 is 5.32 Å². The molecular weight excluding hydrogens is 338 g/mol. The van der Waals surface area contributed by atoms with Gasteiger partial charge in [0.25, 0.3) is 0 Å². The van der Waals surface area contributed by atoms with Crippen molar-refractivity contribution in [3.8, 4) is 0 Å². The van der Waals surface area contributed by atoms with Crippen molar-refractivity contribution in [3.63, 3.8) is 0 Å². The Kier molecular flexibility index (Phi) is 7.68. The van der Waals surface area contributed by atoms with Crippen molar-refractivity contribution in [2.45, 2.75) is 51.9 Å². The van der Waals surface area contributed by atoms with Crippen molar-refractivity contribution >= 4 is 5.91 Å². The summed E-state index contributed by atoms with van der Waals surface area (Å²) in [6.07, 6.45) is 3.73. The zero-order valence-electron chi connectivity index (χ0n) is 16.9.